The molecule has 2 heterocycles. The summed E-state index contributed by atoms with van der Waals surface area (Å²) in [6, 6.07) is 12.5. The molecule has 1 atom stereocenters. The summed E-state index contributed by atoms with van der Waals surface area (Å²) in [6.45, 7) is 0.493. The number of rotatable bonds is 4. The Labute approximate surface area is 150 Å². The summed E-state index contributed by atoms with van der Waals surface area (Å²) < 4.78 is 15.9. The highest BCUT2D eigenvalue weighted by atomic mass is 16.7. The van der Waals surface area contributed by atoms with E-state index < -0.39 is 5.92 Å². The second kappa shape index (κ2) is 6.59. The van der Waals surface area contributed by atoms with Gasteiger partial charge in [0.15, 0.2) is 11.5 Å². The lowest BCUT2D eigenvalue weighted by molar-refractivity contribution is -0.122. The highest BCUT2D eigenvalue weighted by molar-refractivity contribution is 6.04. The first-order valence-corrected chi connectivity index (χ1v) is 8.29. The molecule has 2 amide bonds. The first-order chi connectivity index (χ1) is 12.7. The van der Waals surface area contributed by atoms with Gasteiger partial charge in [-0.1, -0.05) is 12.1 Å². The van der Waals surface area contributed by atoms with Crippen LogP contribution in [0.25, 0.3) is 0 Å². The number of methoxy groups -OCH3 is 1. The fraction of sp³-hybridized carbons (Fsp3) is 0.263. The summed E-state index contributed by atoms with van der Waals surface area (Å²) in [6.07, 6.45) is 0.161. The van der Waals surface area contributed by atoms with E-state index in [1.165, 1.54) is 0 Å². The molecular weight excluding hydrogens is 336 g/mol. The summed E-state index contributed by atoms with van der Waals surface area (Å²) in [5.41, 5.74) is 1.29. The van der Waals surface area contributed by atoms with Crippen molar-refractivity contribution in [3.05, 3.63) is 42.5 Å². The van der Waals surface area contributed by atoms with Gasteiger partial charge < -0.3 is 24.4 Å². The third-order valence-corrected chi connectivity index (χ3v) is 4.51. The molecule has 0 aromatic heterocycles. The van der Waals surface area contributed by atoms with Gasteiger partial charge in [-0.05, 0) is 24.3 Å². The lowest BCUT2D eigenvalue weighted by Gasteiger charge is -2.19. The van der Waals surface area contributed by atoms with Crippen LogP contribution in [0.2, 0.25) is 0 Å². The number of amides is 2. The maximum absolute atomic E-state index is 12.6. The van der Waals surface area contributed by atoms with E-state index >= 15 is 0 Å². The number of ether oxygens (including phenoxy) is 3. The SMILES string of the molecule is COc1ccccc1N1C[C@H](C(=O)Nc2ccc3c(c2)OCO3)CC1=O. The molecule has 0 aliphatic carbocycles. The Kier molecular flexibility index (Phi) is 4.12. The molecule has 1 fully saturated rings. The van der Waals surface area contributed by atoms with E-state index in [-0.39, 0.29) is 25.0 Å². The first-order valence-electron chi connectivity index (χ1n) is 8.29. The van der Waals surface area contributed by atoms with Crippen LogP contribution in [-0.2, 0) is 9.59 Å². The van der Waals surface area contributed by atoms with E-state index in [1.807, 2.05) is 18.2 Å². The molecule has 2 aromatic carbocycles. The summed E-state index contributed by atoms with van der Waals surface area (Å²) in [5.74, 6) is 1.13. The second-order valence-electron chi connectivity index (χ2n) is 6.13. The van der Waals surface area contributed by atoms with Crippen molar-refractivity contribution in [2.75, 3.05) is 30.7 Å². The summed E-state index contributed by atoms with van der Waals surface area (Å²) in [5, 5.41) is 2.85. The first kappa shape index (κ1) is 16.3. The average molecular weight is 354 g/mol. The Morgan fingerprint density at radius 3 is 2.85 bits per heavy atom. The highest BCUT2D eigenvalue weighted by Crippen LogP contribution is 2.35. The molecule has 1 N–H and O–H groups in total. The number of anilines is 2. The standard InChI is InChI=1S/C19H18N2O5/c1-24-15-5-3-2-4-14(15)21-10-12(8-18(21)22)19(23)20-13-6-7-16-17(9-13)26-11-25-16/h2-7,9,12H,8,10-11H2,1H3,(H,20,23)/t12-/m1/s1. The predicted octanol–water partition coefficient (Wildman–Crippen LogP) is 2.42. The normalized spacial score (nSPS) is 18.1. The van der Waals surface area contributed by atoms with Gasteiger partial charge in [0.25, 0.3) is 0 Å². The van der Waals surface area contributed by atoms with Crippen molar-refractivity contribution in [2.45, 2.75) is 6.42 Å². The fourth-order valence-corrected chi connectivity index (χ4v) is 3.19. The van der Waals surface area contributed by atoms with E-state index in [4.69, 9.17) is 14.2 Å². The highest BCUT2D eigenvalue weighted by Gasteiger charge is 2.36. The molecular formula is C19H18N2O5. The van der Waals surface area contributed by atoms with Crippen LogP contribution >= 0.6 is 0 Å². The minimum absolute atomic E-state index is 0.0969. The number of para-hydroxylation sites is 2. The van der Waals surface area contributed by atoms with Gasteiger partial charge >= 0.3 is 0 Å². The molecule has 134 valence electrons. The van der Waals surface area contributed by atoms with E-state index in [1.54, 1.807) is 36.3 Å². The van der Waals surface area contributed by atoms with Crippen LogP contribution in [0.15, 0.2) is 42.5 Å². The van der Waals surface area contributed by atoms with Crippen LogP contribution in [0, 0.1) is 5.92 Å². The number of hydrogen-bond donors (Lipinski definition) is 1. The van der Waals surface area contributed by atoms with E-state index in [9.17, 15) is 9.59 Å². The summed E-state index contributed by atoms with van der Waals surface area (Å²) in [4.78, 5) is 26.6. The molecule has 0 radical (unpaired) electrons. The van der Waals surface area contributed by atoms with Crippen molar-refractivity contribution >= 4 is 23.2 Å². The minimum Gasteiger partial charge on any atom is -0.495 e. The van der Waals surface area contributed by atoms with Gasteiger partial charge in [-0.25, -0.2) is 0 Å². The number of nitrogens with zero attached hydrogens (tertiary/aromatic N) is 1. The van der Waals surface area contributed by atoms with E-state index in [0.717, 1.165) is 0 Å². The van der Waals surface area contributed by atoms with Gasteiger partial charge in [0.05, 0.1) is 18.7 Å². The maximum atomic E-state index is 12.6. The van der Waals surface area contributed by atoms with Crippen molar-refractivity contribution in [1.29, 1.82) is 0 Å². The molecule has 2 aliphatic rings. The largest absolute Gasteiger partial charge is 0.495 e. The lowest BCUT2D eigenvalue weighted by atomic mass is 10.1. The van der Waals surface area contributed by atoms with Gasteiger partial charge in [-0.15, -0.1) is 0 Å². The topological polar surface area (TPSA) is 77.1 Å². The van der Waals surface area contributed by atoms with Crippen LogP contribution < -0.4 is 24.4 Å². The van der Waals surface area contributed by atoms with E-state index in [2.05, 4.69) is 5.32 Å². The zero-order chi connectivity index (χ0) is 18.1. The fourth-order valence-electron chi connectivity index (χ4n) is 3.19. The minimum atomic E-state index is -0.433. The van der Waals surface area contributed by atoms with Gasteiger partial charge in [0.1, 0.15) is 5.75 Å². The van der Waals surface area contributed by atoms with Crippen LogP contribution in [0.3, 0.4) is 0 Å². The van der Waals surface area contributed by atoms with Crippen LogP contribution in [-0.4, -0.2) is 32.3 Å². The van der Waals surface area contributed by atoms with Crippen molar-refractivity contribution < 1.29 is 23.8 Å². The molecule has 0 bridgehead atoms. The molecule has 7 heteroatoms. The van der Waals surface area contributed by atoms with Crippen molar-refractivity contribution in [3.8, 4) is 17.2 Å². The zero-order valence-corrected chi connectivity index (χ0v) is 14.2. The zero-order valence-electron chi connectivity index (χ0n) is 14.2. The number of carbonyl (C=O) groups is 2. The summed E-state index contributed by atoms with van der Waals surface area (Å²) >= 11 is 0. The second-order valence-corrected chi connectivity index (χ2v) is 6.13. The molecule has 2 aliphatic heterocycles. The molecule has 0 spiro atoms. The molecule has 1 saturated heterocycles. The number of benzene rings is 2. The lowest BCUT2D eigenvalue weighted by Crippen LogP contribution is -2.28. The Bertz CT molecular complexity index is 867. The third kappa shape index (κ3) is 2.92. The Balaban J connectivity index is 1.47. The van der Waals surface area contributed by atoms with Crippen molar-refractivity contribution in [3.63, 3.8) is 0 Å². The number of fused-ring (bicyclic) bond motifs is 1. The van der Waals surface area contributed by atoms with Crippen LogP contribution in [0.5, 0.6) is 17.2 Å². The Hall–Kier alpha value is -3.22. The van der Waals surface area contributed by atoms with Crippen molar-refractivity contribution in [2.24, 2.45) is 5.92 Å². The predicted molar refractivity (Wildman–Crippen MR) is 94.6 cm³/mol. The molecule has 0 unspecified atom stereocenters. The van der Waals surface area contributed by atoms with E-state index in [0.29, 0.717) is 35.2 Å². The number of hydrogen-bond acceptors (Lipinski definition) is 5. The third-order valence-electron chi connectivity index (χ3n) is 4.51. The summed E-state index contributed by atoms with van der Waals surface area (Å²) in [7, 11) is 1.56. The van der Waals surface area contributed by atoms with Gasteiger partial charge in [0.2, 0.25) is 18.6 Å². The number of nitrogens with one attached hydrogen (secondary N) is 1. The quantitative estimate of drug-likeness (QED) is 0.912. The molecule has 4 rings (SSSR count). The Morgan fingerprint density at radius 2 is 2.00 bits per heavy atom. The number of carbonyl (C=O) groups excluding carboxylic acids is 2. The van der Waals surface area contributed by atoms with Crippen molar-refractivity contribution in [1.82, 2.24) is 0 Å². The van der Waals surface area contributed by atoms with Crippen LogP contribution in [0.1, 0.15) is 6.42 Å². The molecule has 2 aromatic rings. The molecule has 7 nitrogen and oxygen atoms in total. The molecule has 26 heavy (non-hydrogen) atoms. The van der Waals surface area contributed by atoms with Crippen LogP contribution in [0.4, 0.5) is 11.4 Å². The average Bonchev–Trinajstić information content (AvgIpc) is 3.27. The maximum Gasteiger partial charge on any atom is 0.231 e. The van der Waals surface area contributed by atoms with Gasteiger partial charge in [-0.3, -0.25) is 9.59 Å². The van der Waals surface area contributed by atoms with Gasteiger partial charge in [-0.2, -0.15) is 0 Å². The molecule has 0 saturated carbocycles. The smallest absolute Gasteiger partial charge is 0.231 e. The monoisotopic (exact) mass is 354 g/mol. The Morgan fingerprint density at radius 1 is 1.19 bits per heavy atom. The van der Waals surface area contributed by atoms with Gasteiger partial charge in [0, 0.05) is 24.7 Å².